The molecule has 1 aliphatic heterocycles. The molecule has 0 atom stereocenters. The number of hydrogen-bond acceptors (Lipinski definition) is 3. The van der Waals surface area contributed by atoms with Crippen LogP contribution < -0.4 is 10.7 Å². The lowest BCUT2D eigenvalue weighted by atomic mass is 10.3. The molecule has 0 aliphatic carbocycles. The van der Waals surface area contributed by atoms with Gasteiger partial charge in [-0.2, -0.15) is 11.3 Å². The van der Waals surface area contributed by atoms with Gasteiger partial charge in [-0.3, -0.25) is 0 Å². The molecule has 0 unspecified atom stereocenters. The van der Waals surface area contributed by atoms with Crippen molar-refractivity contribution in [2.24, 2.45) is 9.98 Å². The number of para-hydroxylation sites is 2. The number of thiophene rings is 1. The second-order valence-corrected chi connectivity index (χ2v) is 4.05. The molecule has 1 aromatic carbocycles. The summed E-state index contributed by atoms with van der Waals surface area (Å²) in [5.74, 6) is 0.787. The molecular weight excluding hydrogens is 204 g/mol. The minimum absolute atomic E-state index is 0.787. The van der Waals surface area contributed by atoms with Crippen molar-refractivity contribution in [3.63, 3.8) is 0 Å². The average molecular weight is 212 g/mol. The molecule has 0 spiro atoms. The first-order valence-electron chi connectivity index (χ1n) is 4.68. The van der Waals surface area contributed by atoms with Crippen molar-refractivity contribution in [3.05, 3.63) is 63.2 Å². The fraction of sp³-hybridized carbons (Fsp3) is 0. The second-order valence-electron chi connectivity index (χ2n) is 3.27. The molecule has 0 saturated carbocycles. The Hall–Kier alpha value is -1.74. The van der Waals surface area contributed by atoms with Gasteiger partial charge in [0.25, 0.3) is 0 Å². The van der Waals surface area contributed by atoms with Crippen LogP contribution in [-0.2, 0) is 0 Å². The molecule has 0 saturated heterocycles. The van der Waals surface area contributed by atoms with Crippen LogP contribution in [0.2, 0.25) is 0 Å². The van der Waals surface area contributed by atoms with Crippen LogP contribution in [0.25, 0.3) is 6.08 Å². The maximum absolute atomic E-state index is 4.43. The highest BCUT2D eigenvalue weighted by atomic mass is 32.1. The van der Waals surface area contributed by atoms with Gasteiger partial charge in [-0.15, -0.1) is 0 Å². The molecule has 2 aromatic rings. The van der Waals surface area contributed by atoms with E-state index in [-0.39, 0.29) is 0 Å². The van der Waals surface area contributed by atoms with Crippen LogP contribution in [-0.4, -0.2) is 0 Å². The van der Waals surface area contributed by atoms with Crippen molar-refractivity contribution < 1.29 is 0 Å². The summed E-state index contributed by atoms with van der Waals surface area (Å²) in [6.07, 6.45) is 2.00. The lowest BCUT2D eigenvalue weighted by Gasteiger charge is -1.85. The third-order valence-corrected chi connectivity index (χ3v) is 2.89. The first-order valence-corrected chi connectivity index (χ1v) is 5.62. The Bertz CT molecular complexity index is 587. The summed E-state index contributed by atoms with van der Waals surface area (Å²) in [4.78, 5) is 8.85. The third-order valence-electron chi connectivity index (χ3n) is 2.19. The van der Waals surface area contributed by atoms with Crippen molar-refractivity contribution in [1.29, 1.82) is 0 Å². The fourth-order valence-electron chi connectivity index (χ4n) is 1.50. The Morgan fingerprint density at radius 3 is 2.33 bits per heavy atom. The van der Waals surface area contributed by atoms with Crippen LogP contribution in [0.15, 0.2) is 56.9 Å². The molecule has 2 nitrogen and oxygen atoms in total. The van der Waals surface area contributed by atoms with Crippen molar-refractivity contribution in [2.75, 3.05) is 0 Å². The van der Waals surface area contributed by atoms with Crippen LogP contribution in [0.1, 0.15) is 5.56 Å². The molecule has 72 valence electrons. The molecule has 0 amide bonds. The number of nitrogens with zero attached hydrogens (tertiary/aromatic N) is 2. The second kappa shape index (κ2) is 3.44. The standard InChI is InChI=1S/C12H8N2S/c1-2-4-11-10(3-1)13-12(14-11)7-9-5-6-15-8-9/h1-8H. The number of benzene rings is 1. The molecule has 0 bridgehead atoms. The zero-order chi connectivity index (χ0) is 10.1. The maximum atomic E-state index is 4.43. The Kier molecular flexibility index (Phi) is 1.96. The van der Waals surface area contributed by atoms with Crippen molar-refractivity contribution in [3.8, 4) is 0 Å². The predicted molar refractivity (Wildman–Crippen MR) is 61.1 cm³/mol. The van der Waals surface area contributed by atoms with Crippen molar-refractivity contribution >= 4 is 17.4 Å². The van der Waals surface area contributed by atoms with Gasteiger partial charge in [0.2, 0.25) is 0 Å². The van der Waals surface area contributed by atoms with E-state index >= 15 is 0 Å². The van der Waals surface area contributed by atoms with E-state index in [0.29, 0.717) is 0 Å². The number of fused-ring (bicyclic) bond motifs is 1. The quantitative estimate of drug-likeness (QED) is 0.690. The third kappa shape index (κ3) is 1.62. The maximum Gasteiger partial charge on any atom is 0.153 e. The monoisotopic (exact) mass is 212 g/mol. The van der Waals surface area contributed by atoms with Crippen LogP contribution in [0.4, 0.5) is 0 Å². The van der Waals surface area contributed by atoms with E-state index < -0.39 is 0 Å². The minimum atomic E-state index is 0.787. The van der Waals surface area contributed by atoms with Gasteiger partial charge >= 0.3 is 0 Å². The molecule has 2 heterocycles. The van der Waals surface area contributed by atoms with Gasteiger partial charge in [0, 0.05) is 0 Å². The SMILES string of the molecule is C(=C1N=c2ccccc2=N1)c1ccsc1. The fourth-order valence-corrected chi connectivity index (χ4v) is 2.11. The largest absolute Gasteiger partial charge is 0.227 e. The highest BCUT2D eigenvalue weighted by molar-refractivity contribution is 7.08. The van der Waals surface area contributed by atoms with Crippen LogP contribution in [0, 0.1) is 0 Å². The lowest BCUT2D eigenvalue weighted by Crippen LogP contribution is -2.19. The van der Waals surface area contributed by atoms with Gasteiger partial charge in [-0.1, -0.05) is 12.1 Å². The molecular formula is C12H8N2S. The first kappa shape index (κ1) is 8.56. The van der Waals surface area contributed by atoms with Gasteiger partial charge in [-0.05, 0) is 40.6 Å². The Labute approximate surface area is 91.0 Å². The van der Waals surface area contributed by atoms with E-state index in [0.717, 1.165) is 22.1 Å². The first-order chi connectivity index (χ1) is 7.42. The van der Waals surface area contributed by atoms with Gasteiger partial charge in [0.15, 0.2) is 5.82 Å². The minimum Gasteiger partial charge on any atom is -0.227 e. The number of hydrogen-bond donors (Lipinski definition) is 0. The zero-order valence-electron chi connectivity index (χ0n) is 7.92. The highest BCUT2D eigenvalue weighted by Crippen LogP contribution is 2.12. The smallest absolute Gasteiger partial charge is 0.153 e. The summed E-state index contributed by atoms with van der Waals surface area (Å²) in [5, 5.41) is 6.05. The van der Waals surface area contributed by atoms with Gasteiger partial charge < -0.3 is 0 Å². The summed E-state index contributed by atoms with van der Waals surface area (Å²) in [6.45, 7) is 0. The lowest BCUT2D eigenvalue weighted by molar-refractivity contribution is 1.25. The topological polar surface area (TPSA) is 24.7 Å². The van der Waals surface area contributed by atoms with E-state index in [9.17, 15) is 0 Å². The Morgan fingerprint density at radius 2 is 1.73 bits per heavy atom. The zero-order valence-corrected chi connectivity index (χ0v) is 8.74. The van der Waals surface area contributed by atoms with E-state index in [1.807, 2.05) is 30.3 Å². The normalized spacial score (nSPS) is 12.9. The average Bonchev–Trinajstić information content (AvgIpc) is 2.86. The number of rotatable bonds is 1. The van der Waals surface area contributed by atoms with E-state index in [1.54, 1.807) is 11.3 Å². The summed E-state index contributed by atoms with van der Waals surface area (Å²) in [6, 6.07) is 9.98. The molecule has 1 aliphatic rings. The summed E-state index contributed by atoms with van der Waals surface area (Å²) in [5.41, 5.74) is 1.16. The molecule has 0 radical (unpaired) electrons. The Morgan fingerprint density at radius 1 is 1.00 bits per heavy atom. The molecule has 3 heteroatoms. The highest BCUT2D eigenvalue weighted by Gasteiger charge is 2.00. The van der Waals surface area contributed by atoms with Gasteiger partial charge in [0.1, 0.15) is 0 Å². The van der Waals surface area contributed by atoms with E-state index in [2.05, 4.69) is 26.8 Å². The molecule has 0 N–H and O–H groups in total. The van der Waals surface area contributed by atoms with Crippen molar-refractivity contribution in [2.45, 2.75) is 0 Å². The van der Waals surface area contributed by atoms with Crippen LogP contribution in [0.3, 0.4) is 0 Å². The van der Waals surface area contributed by atoms with E-state index in [1.165, 1.54) is 0 Å². The summed E-state index contributed by atoms with van der Waals surface area (Å²) in [7, 11) is 0. The predicted octanol–water partition coefficient (Wildman–Crippen LogP) is 2.00. The summed E-state index contributed by atoms with van der Waals surface area (Å²) >= 11 is 1.68. The summed E-state index contributed by atoms with van der Waals surface area (Å²) < 4.78 is 0. The molecule has 0 fully saturated rings. The van der Waals surface area contributed by atoms with Crippen LogP contribution in [0.5, 0.6) is 0 Å². The Balaban J connectivity index is 2.11. The molecule has 1 aromatic heterocycles. The van der Waals surface area contributed by atoms with Crippen LogP contribution >= 0.6 is 11.3 Å². The molecule has 3 rings (SSSR count). The molecule has 15 heavy (non-hydrogen) atoms. The van der Waals surface area contributed by atoms with Gasteiger partial charge in [-0.25, -0.2) is 9.98 Å². The van der Waals surface area contributed by atoms with E-state index in [4.69, 9.17) is 0 Å². The van der Waals surface area contributed by atoms with Gasteiger partial charge in [0.05, 0.1) is 10.7 Å². The van der Waals surface area contributed by atoms with Crippen molar-refractivity contribution in [1.82, 2.24) is 0 Å².